The molecule has 0 spiro atoms. The van der Waals surface area contributed by atoms with Crippen molar-refractivity contribution < 1.29 is 12.8 Å². The lowest BCUT2D eigenvalue weighted by atomic mass is 10.1. The van der Waals surface area contributed by atoms with Gasteiger partial charge in [-0.1, -0.05) is 0 Å². The van der Waals surface area contributed by atoms with Crippen molar-refractivity contribution in [2.24, 2.45) is 0 Å². The van der Waals surface area contributed by atoms with E-state index in [0.29, 0.717) is 5.69 Å². The van der Waals surface area contributed by atoms with Crippen molar-refractivity contribution in [2.75, 3.05) is 11.1 Å². The first-order chi connectivity index (χ1) is 6.80. The summed E-state index contributed by atoms with van der Waals surface area (Å²) in [6, 6.07) is 3.69. The molecule has 2 rings (SSSR count). The van der Waals surface area contributed by atoms with Gasteiger partial charge in [0.15, 0.2) is 9.84 Å². The van der Waals surface area contributed by atoms with Crippen LogP contribution >= 0.6 is 0 Å². The largest absolute Gasteiger partial charge is 0.378 e. The fourth-order valence-electron chi connectivity index (χ4n) is 1.82. The summed E-state index contributed by atoms with van der Waals surface area (Å²) in [6.45, 7) is 3.55. The average Bonchev–Trinajstić information content (AvgIpc) is 1.97. The van der Waals surface area contributed by atoms with Crippen LogP contribution in [0.15, 0.2) is 23.1 Å². The first kappa shape index (κ1) is 10.4. The van der Waals surface area contributed by atoms with Gasteiger partial charge in [0.05, 0.1) is 16.3 Å². The zero-order valence-electron chi connectivity index (χ0n) is 8.54. The number of benzene rings is 1. The van der Waals surface area contributed by atoms with Crippen LogP contribution in [-0.4, -0.2) is 19.7 Å². The molecule has 0 unspecified atom stereocenters. The van der Waals surface area contributed by atoms with Gasteiger partial charge < -0.3 is 5.32 Å². The molecule has 1 N–H and O–H groups in total. The number of sulfone groups is 1. The molecule has 15 heavy (non-hydrogen) atoms. The second kappa shape index (κ2) is 2.95. The summed E-state index contributed by atoms with van der Waals surface area (Å²) in [6.07, 6.45) is 0. The minimum atomic E-state index is -3.30. The van der Waals surface area contributed by atoms with E-state index in [1.807, 2.05) is 0 Å². The van der Waals surface area contributed by atoms with Crippen LogP contribution in [0.2, 0.25) is 0 Å². The third-order valence-electron chi connectivity index (χ3n) is 2.30. The number of nitrogens with one attached hydrogen (secondary N) is 1. The predicted molar refractivity (Wildman–Crippen MR) is 56.2 cm³/mol. The lowest BCUT2D eigenvalue weighted by Crippen LogP contribution is -2.42. The second-order valence-corrected chi connectivity index (χ2v) is 6.37. The summed E-state index contributed by atoms with van der Waals surface area (Å²) in [5, 5.41) is 3.01. The molecule has 0 saturated heterocycles. The Morgan fingerprint density at radius 2 is 2.07 bits per heavy atom. The molecule has 0 aromatic heterocycles. The molecule has 0 atom stereocenters. The molecule has 0 bridgehead atoms. The summed E-state index contributed by atoms with van der Waals surface area (Å²) < 4.78 is 36.6. The number of hydrogen-bond acceptors (Lipinski definition) is 3. The molecule has 0 fully saturated rings. The van der Waals surface area contributed by atoms with E-state index in [4.69, 9.17) is 0 Å². The van der Waals surface area contributed by atoms with Gasteiger partial charge in [-0.3, -0.25) is 0 Å². The van der Waals surface area contributed by atoms with E-state index in [2.05, 4.69) is 5.32 Å². The zero-order valence-corrected chi connectivity index (χ0v) is 9.36. The number of anilines is 1. The first-order valence-corrected chi connectivity index (χ1v) is 6.26. The number of halogens is 1. The van der Waals surface area contributed by atoms with Gasteiger partial charge in [-0.15, -0.1) is 0 Å². The van der Waals surface area contributed by atoms with Gasteiger partial charge in [-0.25, -0.2) is 12.8 Å². The van der Waals surface area contributed by atoms with E-state index < -0.39 is 21.2 Å². The minimum Gasteiger partial charge on any atom is -0.378 e. The Balaban J connectivity index is 2.66. The fraction of sp³-hybridized carbons (Fsp3) is 0.400. The van der Waals surface area contributed by atoms with Crippen LogP contribution in [0.25, 0.3) is 0 Å². The van der Waals surface area contributed by atoms with Crippen molar-refractivity contribution in [3.05, 3.63) is 24.0 Å². The first-order valence-electron chi connectivity index (χ1n) is 4.61. The molecule has 0 saturated carbocycles. The molecule has 1 aromatic carbocycles. The van der Waals surface area contributed by atoms with E-state index in [-0.39, 0.29) is 10.6 Å². The van der Waals surface area contributed by atoms with Crippen LogP contribution in [0.5, 0.6) is 0 Å². The van der Waals surface area contributed by atoms with Gasteiger partial charge in [0.2, 0.25) is 0 Å². The van der Waals surface area contributed by atoms with E-state index >= 15 is 0 Å². The van der Waals surface area contributed by atoms with E-state index in [1.165, 1.54) is 12.1 Å². The van der Waals surface area contributed by atoms with Gasteiger partial charge in [0.1, 0.15) is 5.82 Å². The highest BCUT2D eigenvalue weighted by molar-refractivity contribution is 7.91. The zero-order chi connectivity index (χ0) is 11.3. The normalized spacial score (nSPS) is 21.5. The molecule has 1 aliphatic rings. The minimum absolute atomic E-state index is 0.0264. The van der Waals surface area contributed by atoms with Crippen molar-refractivity contribution in [1.29, 1.82) is 0 Å². The van der Waals surface area contributed by atoms with Crippen molar-refractivity contribution in [3.63, 3.8) is 0 Å². The highest BCUT2D eigenvalue weighted by Crippen LogP contribution is 2.32. The predicted octanol–water partition coefficient (Wildman–Crippen LogP) is 1.80. The van der Waals surface area contributed by atoms with Gasteiger partial charge in [-0.05, 0) is 32.0 Å². The van der Waals surface area contributed by atoms with E-state index in [0.717, 1.165) is 6.07 Å². The lowest BCUT2D eigenvalue weighted by Gasteiger charge is -2.33. The molecule has 0 aliphatic carbocycles. The SMILES string of the molecule is CC1(C)CS(=O)(=O)c2ccc(F)cc2N1. The Hall–Kier alpha value is -1.10. The molecule has 3 nitrogen and oxygen atoms in total. The standard InChI is InChI=1S/C10H12FNO2S/c1-10(2)6-15(13,14)9-4-3-7(11)5-8(9)12-10/h3-5,12H,6H2,1-2H3. The Morgan fingerprint density at radius 3 is 2.73 bits per heavy atom. The van der Waals surface area contributed by atoms with Gasteiger partial charge in [0, 0.05) is 5.54 Å². The van der Waals surface area contributed by atoms with E-state index in [1.54, 1.807) is 13.8 Å². The quantitative estimate of drug-likeness (QED) is 0.690. The van der Waals surface area contributed by atoms with Crippen molar-refractivity contribution in [3.8, 4) is 0 Å². The smallest absolute Gasteiger partial charge is 0.182 e. The van der Waals surface area contributed by atoms with Crippen LogP contribution in [-0.2, 0) is 9.84 Å². The monoisotopic (exact) mass is 229 g/mol. The third kappa shape index (κ3) is 1.84. The van der Waals surface area contributed by atoms with Crippen LogP contribution < -0.4 is 5.32 Å². The molecule has 5 heteroatoms. The van der Waals surface area contributed by atoms with Crippen LogP contribution in [0.3, 0.4) is 0 Å². The van der Waals surface area contributed by atoms with Crippen molar-refractivity contribution in [1.82, 2.24) is 0 Å². The molecular formula is C10H12FNO2S. The van der Waals surface area contributed by atoms with Crippen molar-refractivity contribution in [2.45, 2.75) is 24.3 Å². The second-order valence-electron chi connectivity index (χ2n) is 4.41. The summed E-state index contributed by atoms with van der Waals surface area (Å²) >= 11 is 0. The third-order valence-corrected chi connectivity index (χ3v) is 4.43. The van der Waals surface area contributed by atoms with Crippen LogP contribution in [0.4, 0.5) is 10.1 Å². The molecule has 0 radical (unpaired) electrons. The van der Waals surface area contributed by atoms with Gasteiger partial charge in [0.25, 0.3) is 0 Å². The molecule has 1 heterocycles. The van der Waals surface area contributed by atoms with Gasteiger partial charge in [-0.2, -0.15) is 0 Å². The van der Waals surface area contributed by atoms with Crippen molar-refractivity contribution >= 4 is 15.5 Å². The van der Waals surface area contributed by atoms with E-state index in [9.17, 15) is 12.8 Å². The maximum Gasteiger partial charge on any atom is 0.182 e. The Bertz CT molecular complexity index is 508. The lowest BCUT2D eigenvalue weighted by molar-refractivity contribution is 0.554. The molecule has 1 aromatic rings. The highest BCUT2D eigenvalue weighted by atomic mass is 32.2. The Labute approximate surface area is 88.2 Å². The molecular weight excluding hydrogens is 217 g/mol. The molecule has 0 amide bonds. The summed E-state index contributed by atoms with van der Waals surface area (Å²) in [5.74, 6) is -0.410. The number of fused-ring (bicyclic) bond motifs is 1. The summed E-state index contributed by atoms with van der Waals surface area (Å²) in [4.78, 5) is 0.184. The number of rotatable bonds is 0. The Morgan fingerprint density at radius 1 is 1.40 bits per heavy atom. The van der Waals surface area contributed by atoms with Gasteiger partial charge >= 0.3 is 0 Å². The topological polar surface area (TPSA) is 46.2 Å². The van der Waals surface area contributed by atoms with Crippen LogP contribution in [0.1, 0.15) is 13.8 Å². The highest BCUT2D eigenvalue weighted by Gasteiger charge is 2.34. The number of hydrogen-bond donors (Lipinski definition) is 1. The summed E-state index contributed by atoms with van der Waals surface area (Å²) in [7, 11) is -3.30. The maximum atomic E-state index is 13.0. The summed E-state index contributed by atoms with van der Waals surface area (Å²) in [5.41, 5.74) is -0.203. The van der Waals surface area contributed by atoms with Crippen LogP contribution in [0, 0.1) is 5.82 Å². The molecule has 82 valence electrons. The average molecular weight is 229 g/mol. The Kier molecular flexibility index (Phi) is 2.05. The maximum absolute atomic E-state index is 13.0. The molecule has 1 aliphatic heterocycles. The fourth-order valence-corrected chi connectivity index (χ4v) is 3.72.